The van der Waals surface area contributed by atoms with Gasteiger partial charge >= 0.3 is 6.18 Å². The lowest BCUT2D eigenvalue weighted by atomic mass is 10.3. The molecule has 0 radical (unpaired) electrons. The third-order valence-electron chi connectivity index (χ3n) is 1.11. The van der Waals surface area contributed by atoms with Gasteiger partial charge in [-0.25, -0.2) is 0 Å². The highest BCUT2D eigenvalue weighted by Gasteiger charge is 2.30. The molecule has 0 heterocycles. The molecule has 2 nitrogen and oxygen atoms in total. The van der Waals surface area contributed by atoms with E-state index in [1.165, 1.54) is 14.2 Å². The van der Waals surface area contributed by atoms with E-state index in [0.717, 1.165) is 18.2 Å². The van der Waals surface area contributed by atoms with Crippen LogP contribution in [-0.2, 0) is 4.84 Å². The molecule has 0 aliphatic carbocycles. The second-order valence-corrected chi connectivity index (χ2v) is 2.04. The number of rotatable bonds is 2. The van der Waals surface area contributed by atoms with Gasteiger partial charge in [-0.05, 0) is 6.92 Å². The van der Waals surface area contributed by atoms with Crippen molar-refractivity contribution in [2.45, 2.75) is 13.1 Å². The van der Waals surface area contributed by atoms with Crippen LogP contribution in [0.5, 0.6) is 0 Å². The number of hydrogen-bond acceptors (Lipinski definition) is 2. The number of hydroxylamine groups is 2. The van der Waals surface area contributed by atoms with Gasteiger partial charge in [0.15, 0.2) is 0 Å². The molecule has 0 amide bonds. The highest BCUT2D eigenvalue weighted by atomic mass is 19.4. The van der Waals surface area contributed by atoms with Crippen LogP contribution in [0, 0.1) is 0 Å². The zero-order valence-electron chi connectivity index (χ0n) is 6.57. The Labute approximate surface area is 63.2 Å². The van der Waals surface area contributed by atoms with Crippen LogP contribution >= 0.6 is 0 Å². The van der Waals surface area contributed by atoms with Crippen molar-refractivity contribution >= 4 is 0 Å². The second kappa shape index (κ2) is 3.61. The molecule has 0 aromatic rings. The quantitative estimate of drug-likeness (QED) is 0.586. The van der Waals surface area contributed by atoms with Gasteiger partial charge in [0.1, 0.15) is 0 Å². The number of nitrogens with zero attached hydrogens (tertiary/aromatic N) is 1. The maximum absolute atomic E-state index is 11.8. The lowest BCUT2D eigenvalue weighted by Gasteiger charge is -2.13. The fourth-order valence-electron chi connectivity index (χ4n) is 0.399. The minimum absolute atomic E-state index is 0.693. The van der Waals surface area contributed by atoms with Crippen molar-refractivity contribution < 1.29 is 18.0 Å². The summed E-state index contributed by atoms with van der Waals surface area (Å²) in [5.74, 6) is 0. The lowest BCUT2D eigenvalue weighted by Crippen LogP contribution is -2.15. The van der Waals surface area contributed by atoms with Crippen LogP contribution in [0.4, 0.5) is 13.2 Å². The largest absolute Gasteiger partial charge is 0.413 e. The molecule has 0 aromatic carbocycles. The van der Waals surface area contributed by atoms with Crippen LogP contribution in [-0.4, -0.2) is 25.4 Å². The molecule has 0 fully saturated rings. The molecule has 0 aromatic heterocycles. The summed E-state index contributed by atoms with van der Waals surface area (Å²) in [6.07, 6.45) is -3.40. The molecule has 5 heteroatoms. The number of halogens is 3. The molecule has 0 aliphatic heterocycles. The van der Waals surface area contributed by atoms with Crippen LogP contribution in [0.25, 0.3) is 0 Å². The average Bonchev–Trinajstić information content (AvgIpc) is 1.85. The first-order valence-corrected chi connectivity index (χ1v) is 2.90. The van der Waals surface area contributed by atoms with Crippen molar-refractivity contribution in [3.05, 3.63) is 11.8 Å². The Balaban J connectivity index is 4.22. The summed E-state index contributed by atoms with van der Waals surface area (Å²) in [5, 5.41) is 0.989. The van der Waals surface area contributed by atoms with Gasteiger partial charge in [0.2, 0.25) is 0 Å². The van der Waals surface area contributed by atoms with E-state index in [2.05, 4.69) is 4.84 Å². The Bertz CT molecular complexity index is 152. The zero-order chi connectivity index (χ0) is 9.07. The normalized spacial score (nSPS) is 13.5. The lowest BCUT2D eigenvalue weighted by molar-refractivity contribution is -0.102. The third-order valence-corrected chi connectivity index (χ3v) is 1.11. The number of hydrogen-bond donors (Lipinski definition) is 0. The summed E-state index contributed by atoms with van der Waals surface area (Å²) >= 11 is 0. The molecular formula is C6H10F3NO. The highest BCUT2D eigenvalue weighted by molar-refractivity contribution is 5.02. The van der Waals surface area contributed by atoms with Gasteiger partial charge in [0, 0.05) is 18.8 Å². The smallest absolute Gasteiger partial charge is 0.278 e. The Kier molecular flexibility index (Phi) is 3.38. The van der Waals surface area contributed by atoms with E-state index in [9.17, 15) is 13.2 Å². The van der Waals surface area contributed by atoms with Gasteiger partial charge in [-0.15, -0.1) is 0 Å². The summed E-state index contributed by atoms with van der Waals surface area (Å²) in [4.78, 5) is 4.47. The van der Waals surface area contributed by atoms with Gasteiger partial charge in [-0.1, -0.05) is 0 Å². The molecule has 0 saturated heterocycles. The monoisotopic (exact) mass is 169 g/mol. The van der Waals surface area contributed by atoms with E-state index in [-0.39, 0.29) is 0 Å². The zero-order valence-corrected chi connectivity index (χ0v) is 6.57. The molecule has 0 atom stereocenters. The van der Waals surface area contributed by atoms with E-state index in [4.69, 9.17) is 0 Å². The van der Waals surface area contributed by atoms with Crippen LogP contribution in [0.3, 0.4) is 0 Å². The molecular weight excluding hydrogens is 159 g/mol. The fourth-order valence-corrected chi connectivity index (χ4v) is 0.399. The second-order valence-electron chi connectivity index (χ2n) is 2.04. The predicted octanol–water partition coefficient (Wildman–Crippen LogP) is 1.95. The fraction of sp³-hybridized carbons (Fsp3) is 0.667. The van der Waals surface area contributed by atoms with Crippen LogP contribution in [0.1, 0.15) is 6.92 Å². The summed E-state index contributed by atoms with van der Waals surface area (Å²) in [6.45, 7) is 0.982. The Morgan fingerprint density at radius 2 is 1.91 bits per heavy atom. The minimum Gasteiger partial charge on any atom is -0.278 e. The average molecular weight is 169 g/mol. The van der Waals surface area contributed by atoms with Gasteiger partial charge in [0.05, 0.1) is 7.11 Å². The Hall–Kier alpha value is -0.710. The van der Waals surface area contributed by atoms with Gasteiger partial charge in [-0.2, -0.15) is 13.2 Å². The van der Waals surface area contributed by atoms with Crippen LogP contribution < -0.4 is 0 Å². The van der Waals surface area contributed by atoms with E-state index < -0.39 is 11.7 Å². The first kappa shape index (κ1) is 10.3. The van der Waals surface area contributed by atoms with Gasteiger partial charge in [-0.3, -0.25) is 9.90 Å². The maximum Gasteiger partial charge on any atom is 0.413 e. The van der Waals surface area contributed by atoms with Crippen molar-refractivity contribution in [2.75, 3.05) is 14.2 Å². The van der Waals surface area contributed by atoms with Gasteiger partial charge in [0.25, 0.3) is 0 Å². The molecule has 0 rings (SSSR count). The number of alkyl halides is 3. The molecule has 66 valence electrons. The maximum atomic E-state index is 11.8. The first-order valence-electron chi connectivity index (χ1n) is 2.90. The Morgan fingerprint density at radius 1 is 1.45 bits per heavy atom. The van der Waals surface area contributed by atoms with Crippen molar-refractivity contribution in [3.63, 3.8) is 0 Å². The van der Waals surface area contributed by atoms with E-state index in [0.29, 0.717) is 0 Å². The third kappa shape index (κ3) is 3.87. The molecule has 0 spiro atoms. The van der Waals surface area contributed by atoms with Crippen LogP contribution in [0.2, 0.25) is 0 Å². The molecule has 0 N–H and O–H groups in total. The summed E-state index contributed by atoms with van der Waals surface area (Å²) in [5.41, 5.74) is -0.693. The summed E-state index contributed by atoms with van der Waals surface area (Å²) in [6, 6.07) is 0. The topological polar surface area (TPSA) is 12.5 Å². The van der Waals surface area contributed by atoms with E-state index in [1.807, 2.05) is 0 Å². The van der Waals surface area contributed by atoms with Crippen molar-refractivity contribution in [1.29, 1.82) is 0 Å². The van der Waals surface area contributed by atoms with Crippen molar-refractivity contribution in [2.24, 2.45) is 0 Å². The molecule has 0 unspecified atom stereocenters. The number of allylic oxidation sites excluding steroid dienone is 1. The first-order chi connectivity index (χ1) is 4.88. The van der Waals surface area contributed by atoms with Crippen molar-refractivity contribution in [3.8, 4) is 0 Å². The highest BCUT2D eigenvalue weighted by Crippen LogP contribution is 2.24. The Morgan fingerprint density at radius 3 is 2.18 bits per heavy atom. The van der Waals surface area contributed by atoms with E-state index in [1.54, 1.807) is 0 Å². The molecule has 0 aliphatic rings. The van der Waals surface area contributed by atoms with Gasteiger partial charge < -0.3 is 0 Å². The minimum atomic E-state index is -4.27. The van der Waals surface area contributed by atoms with E-state index >= 15 is 0 Å². The van der Waals surface area contributed by atoms with Crippen LogP contribution in [0.15, 0.2) is 11.8 Å². The molecule has 11 heavy (non-hydrogen) atoms. The SMILES string of the molecule is CON(C)C=C(C)C(F)(F)F. The molecule has 0 bridgehead atoms. The molecule has 0 saturated carbocycles. The predicted molar refractivity (Wildman–Crippen MR) is 34.6 cm³/mol. The van der Waals surface area contributed by atoms with Crippen molar-refractivity contribution in [1.82, 2.24) is 5.06 Å². The summed E-state index contributed by atoms with van der Waals surface area (Å²) in [7, 11) is 2.68. The standard InChI is InChI=1S/C6H10F3NO/c1-5(6(7,8)9)4-10(2)11-3/h4H,1-3H3. The summed E-state index contributed by atoms with van der Waals surface area (Å²) < 4.78 is 35.4.